The predicted molar refractivity (Wildman–Crippen MR) is 49.6 cm³/mol. The Morgan fingerprint density at radius 3 is 2.87 bits per heavy atom. The number of aliphatic hydroxyl groups is 1. The highest BCUT2D eigenvalue weighted by atomic mass is 35.5. The second-order valence-electron chi connectivity index (χ2n) is 4.74. The van der Waals surface area contributed by atoms with Crippen LogP contribution in [0.3, 0.4) is 0 Å². The molecule has 3 rings (SSSR count). The first-order valence-electron chi connectivity index (χ1n) is 5.17. The summed E-state index contributed by atoms with van der Waals surface area (Å²) in [6.07, 6.45) is 0.552. The van der Waals surface area contributed by atoms with Crippen LogP contribution in [0.4, 0.5) is 0 Å². The van der Waals surface area contributed by atoms with Gasteiger partial charge in [-0.15, -0.1) is 0 Å². The number of ether oxygens (including phenoxy) is 1. The maximum Gasteiger partial charge on any atom is 0.312 e. The molecule has 0 aromatic carbocycles. The first kappa shape index (κ1) is 9.60. The van der Waals surface area contributed by atoms with E-state index in [1.807, 2.05) is 0 Å². The molecule has 4 nitrogen and oxygen atoms in total. The van der Waals surface area contributed by atoms with Crippen molar-refractivity contribution in [2.45, 2.75) is 19.1 Å². The number of halogens is 1. The Labute approximate surface area is 91.5 Å². The number of fused-ring (bicyclic) bond motifs is 5. The van der Waals surface area contributed by atoms with Gasteiger partial charge in [-0.25, -0.2) is 0 Å². The molecule has 0 spiro atoms. The minimum atomic E-state index is -0.969. The van der Waals surface area contributed by atoms with Crippen LogP contribution in [0.15, 0.2) is 0 Å². The molecule has 3 fully saturated rings. The second kappa shape index (κ2) is 2.95. The fourth-order valence-corrected chi connectivity index (χ4v) is 3.93. The molecule has 3 aliphatic rings. The molecule has 2 saturated carbocycles. The van der Waals surface area contributed by atoms with Gasteiger partial charge in [0.1, 0.15) is 0 Å². The van der Waals surface area contributed by atoms with E-state index >= 15 is 0 Å². The molecule has 82 valence electrons. The van der Waals surface area contributed by atoms with E-state index in [9.17, 15) is 14.7 Å². The Morgan fingerprint density at radius 1 is 1.47 bits per heavy atom. The largest absolute Gasteiger partial charge is 0.435 e. The van der Waals surface area contributed by atoms with Crippen LogP contribution < -0.4 is 0 Å². The van der Waals surface area contributed by atoms with Gasteiger partial charge in [0.05, 0.1) is 5.92 Å². The number of aliphatic hydroxyl groups excluding tert-OH is 1. The van der Waals surface area contributed by atoms with Crippen molar-refractivity contribution in [3.63, 3.8) is 0 Å². The van der Waals surface area contributed by atoms with Crippen molar-refractivity contribution in [1.82, 2.24) is 0 Å². The molecule has 1 aliphatic heterocycles. The lowest BCUT2D eigenvalue weighted by Gasteiger charge is -2.26. The van der Waals surface area contributed by atoms with Crippen LogP contribution in [-0.2, 0) is 14.3 Å². The summed E-state index contributed by atoms with van der Waals surface area (Å²) in [6, 6.07) is 0. The molecule has 2 bridgehead atoms. The molecule has 1 saturated heterocycles. The molecule has 1 heterocycles. The van der Waals surface area contributed by atoms with E-state index in [1.165, 1.54) is 0 Å². The van der Waals surface area contributed by atoms with Gasteiger partial charge in [-0.3, -0.25) is 9.59 Å². The molecule has 1 N–H and O–H groups in total. The smallest absolute Gasteiger partial charge is 0.312 e. The summed E-state index contributed by atoms with van der Waals surface area (Å²) in [5.41, 5.74) is 0. The molecule has 2 aliphatic carbocycles. The van der Waals surface area contributed by atoms with Crippen LogP contribution in [0.1, 0.15) is 12.8 Å². The zero-order valence-electron chi connectivity index (χ0n) is 7.93. The quantitative estimate of drug-likeness (QED) is 0.527. The average molecular weight is 231 g/mol. The molecule has 15 heavy (non-hydrogen) atoms. The summed E-state index contributed by atoms with van der Waals surface area (Å²) in [4.78, 5) is 22.7. The summed E-state index contributed by atoms with van der Waals surface area (Å²) in [5, 5.41) is 9.20. The van der Waals surface area contributed by atoms with Gasteiger partial charge in [-0.2, -0.15) is 0 Å². The monoisotopic (exact) mass is 230 g/mol. The highest BCUT2D eigenvalue weighted by Gasteiger charge is 2.63. The molecule has 0 aromatic heterocycles. The Hall–Kier alpha value is -0.610. The van der Waals surface area contributed by atoms with E-state index in [0.717, 1.165) is 6.42 Å². The lowest BCUT2D eigenvalue weighted by atomic mass is 9.75. The van der Waals surface area contributed by atoms with Crippen LogP contribution >= 0.6 is 11.6 Å². The van der Waals surface area contributed by atoms with Gasteiger partial charge in [-0.05, 0) is 36.3 Å². The highest BCUT2D eigenvalue weighted by Crippen LogP contribution is 2.59. The molecule has 6 unspecified atom stereocenters. The van der Waals surface area contributed by atoms with Gasteiger partial charge in [0.25, 0.3) is 0 Å². The minimum absolute atomic E-state index is 0.00495. The second-order valence-corrected chi connectivity index (χ2v) is 5.11. The maximum atomic E-state index is 11.5. The zero-order chi connectivity index (χ0) is 10.7. The fraction of sp³-hybridized carbons (Fsp3) is 0.800. The number of cyclic esters (lactones) is 1. The fourth-order valence-electron chi connectivity index (χ4n) is 3.68. The van der Waals surface area contributed by atoms with Crippen molar-refractivity contribution in [2.75, 3.05) is 0 Å². The molecule has 6 atom stereocenters. The van der Waals surface area contributed by atoms with E-state index in [-0.39, 0.29) is 40.8 Å². The maximum absolute atomic E-state index is 11.5. The van der Waals surface area contributed by atoms with Crippen LogP contribution in [0.5, 0.6) is 0 Å². The molecule has 0 radical (unpaired) electrons. The minimum Gasteiger partial charge on any atom is -0.435 e. The topological polar surface area (TPSA) is 63.6 Å². The van der Waals surface area contributed by atoms with E-state index in [1.54, 1.807) is 0 Å². The van der Waals surface area contributed by atoms with Gasteiger partial charge < -0.3 is 9.84 Å². The summed E-state index contributed by atoms with van der Waals surface area (Å²) in [6.45, 7) is 0. The summed E-state index contributed by atoms with van der Waals surface area (Å²) < 4.78 is 4.80. The Bertz CT molecular complexity index is 342. The molecular weight excluding hydrogens is 220 g/mol. The van der Waals surface area contributed by atoms with E-state index < -0.39 is 6.29 Å². The predicted octanol–water partition coefficient (Wildman–Crippen LogP) is 0.515. The van der Waals surface area contributed by atoms with Crippen molar-refractivity contribution in [1.29, 1.82) is 0 Å². The van der Waals surface area contributed by atoms with Gasteiger partial charge in [0.15, 0.2) is 0 Å². The van der Waals surface area contributed by atoms with Crippen molar-refractivity contribution >= 4 is 22.8 Å². The summed E-state index contributed by atoms with van der Waals surface area (Å²) in [7, 11) is 0. The Morgan fingerprint density at radius 2 is 2.20 bits per heavy atom. The van der Waals surface area contributed by atoms with Gasteiger partial charge >= 0.3 is 5.97 Å². The number of carbonyl (C=O) groups is 2. The first-order valence-corrected chi connectivity index (χ1v) is 5.55. The molecule has 0 amide bonds. The van der Waals surface area contributed by atoms with Crippen molar-refractivity contribution in [3.8, 4) is 0 Å². The normalized spacial score (nSPS) is 51.7. The third kappa shape index (κ3) is 1.12. The third-order valence-electron chi connectivity index (χ3n) is 4.20. The first-order chi connectivity index (χ1) is 7.09. The van der Waals surface area contributed by atoms with Crippen LogP contribution in [0, 0.1) is 29.6 Å². The number of esters is 1. The standard InChI is InChI=1S/C10H11ClO4/c11-8(12)5-2-3-1-4(5)7-6(3)9(13)15-10(7)14/h3-7,9,13H,1-2H2. The van der Waals surface area contributed by atoms with Gasteiger partial charge in [0, 0.05) is 11.8 Å². The number of rotatable bonds is 1. The number of hydrogen-bond donors (Lipinski definition) is 1. The van der Waals surface area contributed by atoms with E-state index in [0.29, 0.717) is 6.42 Å². The molecular formula is C10H11ClO4. The SMILES string of the molecule is O=C(Cl)C1CC2CC1C1C(=O)OC(O)C21. The highest BCUT2D eigenvalue weighted by molar-refractivity contribution is 6.64. The molecule has 5 heteroatoms. The Kier molecular flexibility index (Phi) is 1.89. The lowest BCUT2D eigenvalue weighted by molar-refractivity contribution is -0.158. The van der Waals surface area contributed by atoms with Gasteiger partial charge in [0.2, 0.25) is 11.5 Å². The van der Waals surface area contributed by atoms with Crippen molar-refractivity contribution < 1.29 is 19.4 Å². The Balaban J connectivity index is 1.92. The summed E-state index contributed by atoms with van der Waals surface area (Å²) >= 11 is 5.50. The zero-order valence-corrected chi connectivity index (χ0v) is 8.68. The van der Waals surface area contributed by atoms with Gasteiger partial charge in [-0.1, -0.05) is 0 Å². The number of hydrogen-bond acceptors (Lipinski definition) is 4. The molecule has 0 aromatic rings. The average Bonchev–Trinajstić information content (AvgIpc) is 2.77. The van der Waals surface area contributed by atoms with E-state index in [4.69, 9.17) is 16.3 Å². The van der Waals surface area contributed by atoms with Crippen LogP contribution in [0.25, 0.3) is 0 Å². The third-order valence-corrected chi connectivity index (χ3v) is 4.48. The van der Waals surface area contributed by atoms with E-state index in [2.05, 4.69) is 0 Å². The summed E-state index contributed by atoms with van der Waals surface area (Å²) in [5.74, 6) is -0.761. The van der Waals surface area contributed by atoms with Crippen molar-refractivity contribution in [3.05, 3.63) is 0 Å². The number of carbonyl (C=O) groups excluding carboxylic acids is 2. The van der Waals surface area contributed by atoms with Crippen LogP contribution in [-0.4, -0.2) is 22.6 Å². The lowest BCUT2D eigenvalue weighted by Crippen LogP contribution is -2.33. The van der Waals surface area contributed by atoms with Crippen LogP contribution in [0.2, 0.25) is 0 Å². The van der Waals surface area contributed by atoms with Crippen molar-refractivity contribution in [2.24, 2.45) is 29.6 Å².